The minimum Gasteiger partial charge on any atom is -0.487 e. The zero-order chi connectivity index (χ0) is 38.6. The monoisotopic (exact) mass is 713 g/mol. The molecule has 1 aliphatic heterocycles. The Morgan fingerprint density at radius 1 is 0.788 bits per heavy atom. The third-order valence-electron chi connectivity index (χ3n) is 12.2. The second-order valence-corrected chi connectivity index (χ2v) is 18.3. The number of hydrogen-bond donors (Lipinski definition) is 0. The summed E-state index contributed by atoms with van der Waals surface area (Å²) in [5.41, 5.74) is 9.38. The van der Waals surface area contributed by atoms with Gasteiger partial charge in [-0.2, -0.15) is 0 Å². The molecule has 2 unspecified atom stereocenters. The Kier molecular flexibility index (Phi) is 16.8. The second kappa shape index (κ2) is 20.0. The molecule has 0 aromatic heterocycles. The molecule has 3 heteroatoms. The average Bonchev–Trinajstić information content (AvgIpc) is 3.05. The molecule has 0 amide bonds. The van der Waals surface area contributed by atoms with Gasteiger partial charge in [-0.05, 0) is 144 Å². The van der Waals surface area contributed by atoms with Crippen molar-refractivity contribution in [3.05, 3.63) is 81.0 Å². The summed E-state index contributed by atoms with van der Waals surface area (Å²) < 4.78 is 12.9. The molecule has 0 saturated carbocycles. The predicted octanol–water partition coefficient (Wildman–Crippen LogP) is 14.6. The fourth-order valence-corrected chi connectivity index (χ4v) is 8.41. The molecule has 1 aromatic rings. The fourth-order valence-electron chi connectivity index (χ4n) is 8.41. The van der Waals surface area contributed by atoms with Gasteiger partial charge in [-0.1, -0.05) is 128 Å². The largest absolute Gasteiger partial charge is 0.487 e. The Hall–Kier alpha value is -2.81. The fraction of sp³-hybridized carbons (Fsp3) is 0.653. The molecule has 1 aliphatic carbocycles. The molecule has 1 heterocycles. The van der Waals surface area contributed by atoms with Gasteiger partial charge in [0.1, 0.15) is 17.1 Å². The molecule has 0 N–H and O–H groups in total. The first-order valence-corrected chi connectivity index (χ1v) is 20.9. The molecule has 3 nitrogen and oxygen atoms in total. The average molecular weight is 713 g/mol. The van der Waals surface area contributed by atoms with E-state index in [2.05, 4.69) is 101 Å². The molecule has 0 saturated heterocycles. The van der Waals surface area contributed by atoms with Crippen LogP contribution in [0.1, 0.15) is 175 Å². The van der Waals surface area contributed by atoms with Crippen molar-refractivity contribution in [2.24, 2.45) is 23.2 Å². The summed E-state index contributed by atoms with van der Waals surface area (Å²) >= 11 is 0. The van der Waals surface area contributed by atoms with Gasteiger partial charge in [0.15, 0.2) is 0 Å². The first-order chi connectivity index (χ1) is 24.4. The predicted molar refractivity (Wildman–Crippen MR) is 224 cm³/mol. The van der Waals surface area contributed by atoms with E-state index < -0.39 is 0 Å². The van der Waals surface area contributed by atoms with Crippen molar-refractivity contribution in [1.29, 1.82) is 0 Å². The number of fused-ring (bicyclic) bond motifs is 1. The van der Waals surface area contributed by atoms with Crippen molar-refractivity contribution in [2.45, 2.75) is 186 Å². The minimum absolute atomic E-state index is 0.156. The standard InChI is InChI=1S/C49H76O3/c1-34(2)19-14-20-35(3)21-15-22-36(4)25-17-31-49(13)32-29-43-42(10)46(40(8)41(9)47(43)52-49)51-45(50)33-38(6)24-16-23-37(5)27-28-44-39(7)26-18-30-48(44,11)12/h16,23-24,27-28,33-36H,14-15,17-22,25-26,29-32H2,1-13H3/t35?,36?,49-/m1/s1. The summed E-state index contributed by atoms with van der Waals surface area (Å²) in [5.74, 6) is 3.80. The Morgan fingerprint density at radius 3 is 2.06 bits per heavy atom. The quantitative estimate of drug-likeness (QED) is 0.0658. The summed E-state index contributed by atoms with van der Waals surface area (Å²) in [5, 5.41) is 0. The van der Waals surface area contributed by atoms with Gasteiger partial charge in [0, 0.05) is 11.6 Å². The van der Waals surface area contributed by atoms with Crippen LogP contribution in [0.5, 0.6) is 11.5 Å². The van der Waals surface area contributed by atoms with Crippen LogP contribution < -0.4 is 9.47 Å². The lowest BCUT2D eigenvalue weighted by molar-refractivity contribution is -0.129. The molecule has 0 fully saturated rings. The number of benzene rings is 1. The van der Waals surface area contributed by atoms with Crippen LogP contribution in [0.4, 0.5) is 0 Å². The molecule has 52 heavy (non-hydrogen) atoms. The number of hydrogen-bond acceptors (Lipinski definition) is 3. The molecular formula is C49H76O3. The summed E-state index contributed by atoms with van der Waals surface area (Å²) in [6.07, 6.45) is 29.5. The summed E-state index contributed by atoms with van der Waals surface area (Å²) in [4.78, 5) is 13.1. The van der Waals surface area contributed by atoms with E-state index in [9.17, 15) is 4.79 Å². The van der Waals surface area contributed by atoms with E-state index >= 15 is 0 Å². The molecule has 2 aliphatic rings. The summed E-state index contributed by atoms with van der Waals surface area (Å²) in [7, 11) is 0. The normalized spacial score (nSPS) is 20.8. The topological polar surface area (TPSA) is 35.5 Å². The zero-order valence-corrected chi connectivity index (χ0v) is 35.8. The smallest absolute Gasteiger partial charge is 0.336 e. The molecule has 0 radical (unpaired) electrons. The van der Waals surface area contributed by atoms with Gasteiger partial charge in [-0.3, -0.25) is 0 Å². The number of carbonyl (C=O) groups excluding carboxylic acids is 1. The van der Waals surface area contributed by atoms with Crippen LogP contribution in [0.2, 0.25) is 0 Å². The lowest BCUT2D eigenvalue weighted by Gasteiger charge is -2.38. The zero-order valence-electron chi connectivity index (χ0n) is 35.8. The first-order valence-electron chi connectivity index (χ1n) is 20.9. The highest BCUT2D eigenvalue weighted by Gasteiger charge is 2.35. The maximum atomic E-state index is 13.1. The van der Waals surface area contributed by atoms with Gasteiger partial charge in [0.25, 0.3) is 0 Å². The molecule has 0 bridgehead atoms. The maximum absolute atomic E-state index is 13.1. The van der Waals surface area contributed by atoms with Crippen LogP contribution in [-0.2, 0) is 11.2 Å². The molecule has 290 valence electrons. The number of ether oxygens (including phenoxy) is 2. The van der Waals surface area contributed by atoms with E-state index in [-0.39, 0.29) is 17.0 Å². The number of carbonyl (C=O) groups is 1. The van der Waals surface area contributed by atoms with E-state index in [1.807, 2.05) is 19.1 Å². The van der Waals surface area contributed by atoms with Crippen LogP contribution in [0.15, 0.2) is 58.7 Å². The summed E-state index contributed by atoms with van der Waals surface area (Å²) in [6.45, 7) is 29.1. The van der Waals surface area contributed by atoms with Crippen LogP contribution in [0.3, 0.4) is 0 Å². The van der Waals surface area contributed by atoms with Crippen LogP contribution in [0, 0.1) is 43.9 Å². The lowest BCUT2D eigenvalue weighted by Crippen LogP contribution is -2.37. The van der Waals surface area contributed by atoms with Crippen LogP contribution in [0.25, 0.3) is 0 Å². The van der Waals surface area contributed by atoms with Crippen LogP contribution in [-0.4, -0.2) is 11.6 Å². The van der Waals surface area contributed by atoms with Gasteiger partial charge < -0.3 is 9.47 Å². The highest BCUT2D eigenvalue weighted by molar-refractivity contribution is 5.86. The Morgan fingerprint density at radius 2 is 1.42 bits per heavy atom. The van der Waals surface area contributed by atoms with Crippen molar-refractivity contribution in [3.8, 4) is 11.5 Å². The van der Waals surface area contributed by atoms with Crippen molar-refractivity contribution in [1.82, 2.24) is 0 Å². The Balaban J connectivity index is 1.54. The van der Waals surface area contributed by atoms with E-state index in [1.54, 1.807) is 6.08 Å². The molecular weight excluding hydrogens is 637 g/mol. The van der Waals surface area contributed by atoms with Crippen LogP contribution >= 0.6 is 0 Å². The highest BCUT2D eigenvalue weighted by atomic mass is 16.5. The Labute approximate surface area is 320 Å². The Bertz CT molecular complexity index is 1510. The molecule has 0 spiro atoms. The summed E-state index contributed by atoms with van der Waals surface area (Å²) in [6, 6.07) is 0. The number of esters is 1. The lowest BCUT2D eigenvalue weighted by atomic mass is 9.72. The molecule has 1 aromatic carbocycles. The van der Waals surface area contributed by atoms with Crippen molar-refractivity contribution >= 4 is 5.97 Å². The SMILES string of the molecule is CC(C=CC1=C(C)CCCC1(C)C)=CC=CC(C)=CC(=O)Oc1c(C)c(C)c2c(c1C)CC[C@@](C)(CCCC(C)CCCC(C)CCCC(C)C)O2. The van der Waals surface area contributed by atoms with Crippen molar-refractivity contribution < 1.29 is 14.3 Å². The first kappa shape index (κ1) is 43.6. The maximum Gasteiger partial charge on any atom is 0.336 e. The molecule has 3 rings (SSSR count). The van der Waals surface area contributed by atoms with E-state index in [0.29, 0.717) is 5.75 Å². The number of rotatable bonds is 18. The van der Waals surface area contributed by atoms with E-state index in [1.165, 1.54) is 92.9 Å². The van der Waals surface area contributed by atoms with Gasteiger partial charge in [-0.25, -0.2) is 4.79 Å². The van der Waals surface area contributed by atoms with E-state index in [0.717, 1.165) is 65.0 Å². The van der Waals surface area contributed by atoms with Gasteiger partial charge >= 0.3 is 5.97 Å². The third-order valence-corrected chi connectivity index (χ3v) is 12.2. The van der Waals surface area contributed by atoms with Crippen molar-refractivity contribution in [3.63, 3.8) is 0 Å². The van der Waals surface area contributed by atoms with Gasteiger partial charge in [0.2, 0.25) is 0 Å². The van der Waals surface area contributed by atoms with Gasteiger partial charge in [0.05, 0.1) is 0 Å². The second-order valence-electron chi connectivity index (χ2n) is 18.3. The van der Waals surface area contributed by atoms with Gasteiger partial charge in [-0.15, -0.1) is 0 Å². The highest BCUT2D eigenvalue weighted by Crippen LogP contribution is 2.45. The number of allylic oxidation sites excluding steroid dienone is 9. The van der Waals surface area contributed by atoms with Crippen molar-refractivity contribution in [2.75, 3.05) is 0 Å². The van der Waals surface area contributed by atoms with E-state index in [4.69, 9.17) is 9.47 Å². The minimum atomic E-state index is -0.341. The molecule has 3 atom stereocenters. The third kappa shape index (κ3) is 13.2.